The smallest absolute Gasteiger partial charge is 0.260 e. The first kappa shape index (κ1) is 26.2. The lowest BCUT2D eigenvalue weighted by Gasteiger charge is -2.43. The van der Waals surface area contributed by atoms with Gasteiger partial charge in [-0.1, -0.05) is 35.9 Å². The van der Waals surface area contributed by atoms with Crippen molar-refractivity contribution in [2.75, 3.05) is 13.1 Å². The van der Waals surface area contributed by atoms with Crippen LogP contribution in [0.25, 0.3) is 0 Å². The first-order valence-corrected chi connectivity index (χ1v) is 12.3. The predicted molar refractivity (Wildman–Crippen MR) is 141 cm³/mol. The summed E-state index contributed by atoms with van der Waals surface area (Å²) in [6.07, 6.45) is 13.2. The second-order valence-electron chi connectivity index (χ2n) is 9.02. The molecule has 0 N–H and O–H groups in total. The van der Waals surface area contributed by atoms with E-state index in [0.29, 0.717) is 24.6 Å². The van der Waals surface area contributed by atoms with Crippen molar-refractivity contribution < 1.29 is 9.59 Å². The lowest BCUT2D eigenvalue weighted by molar-refractivity contribution is -0.116. The molecular weight excluding hydrogens is 436 g/mol. The molecule has 2 amide bonds. The van der Waals surface area contributed by atoms with Crippen LogP contribution in [-0.2, 0) is 4.79 Å². The molecule has 35 heavy (non-hydrogen) atoms. The second kappa shape index (κ2) is 13.5. The van der Waals surface area contributed by atoms with Gasteiger partial charge < -0.3 is 0 Å². The van der Waals surface area contributed by atoms with Crippen LogP contribution in [-0.4, -0.2) is 52.9 Å². The highest BCUT2D eigenvalue weighted by molar-refractivity contribution is 5.99. The predicted octanol–water partition coefficient (Wildman–Crippen LogP) is 5.53. The van der Waals surface area contributed by atoms with E-state index in [9.17, 15) is 9.59 Å². The van der Waals surface area contributed by atoms with Gasteiger partial charge in [-0.25, -0.2) is 0 Å². The molecule has 0 aliphatic carbocycles. The number of aryl methyl sites for hydroxylation is 1. The minimum atomic E-state index is -0.250. The molecule has 0 saturated carbocycles. The third-order valence-corrected chi connectivity index (χ3v) is 6.67. The maximum atomic E-state index is 12.7. The Kier molecular flexibility index (Phi) is 10.1. The summed E-state index contributed by atoms with van der Waals surface area (Å²) in [6, 6.07) is 13.6. The summed E-state index contributed by atoms with van der Waals surface area (Å²) in [5.74, 6) is -0.250. The van der Waals surface area contributed by atoms with Gasteiger partial charge in [0.05, 0.1) is 11.7 Å². The molecule has 1 aromatic heterocycles. The van der Waals surface area contributed by atoms with E-state index in [0.717, 1.165) is 44.3 Å². The summed E-state index contributed by atoms with van der Waals surface area (Å²) >= 11 is 0. The standard InChI is InChI=1S/C29H36N4O2/c1-23(12-10-18-30-3)26-16-9-17-27(28-24(2)13-11-19-31-28)33(26)21-8-7-20-32(22-34)29(35)25-14-5-4-6-15-25/h4-6,10-15,18-19,22,26-27H,3,7-9,16-17,20-21H2,1-2H3/b18-10-,23-12-/t26?,27-/m1/s1. The maximum absolute atomic E-state index is 12.7. The third kappa shape index (κ3) is 7.06. The van der Waals surface area contributed by atoms with Gasteiger partial charge in [0, 0.05) is 30.5 Å². The Hall–Kier alpha value is -3.38. The molecule has 1 saturated heterocycles. The Bertz CT molecular complexity index is 1050. The van der Waals surface area contributed by atoms with E-state index in [1.165, 1.54) is 16.0 Å². The van der Waals surface area contributed by atoms with E-state index >= 15 is 0 Å². The summed E-state index contributed by atoms with van der Waals surface area (Å²) in [5.41, 5.74) is 4.17. The Morgan fingerprint density at radius 3 is 2.71 bits per heavy atom. The molecule has 2 aromatic rings. The molecule has 1 aliphatic rings. The zero-order chi connectivity index (χ0) is 25.0. The number of carbonyl (C=O) groups excluding carboxylic acids is 2. The minimum Gasteiger partial charge on any atom is -0.288 e. The van der Waals surface area contributed by atoms with Crippen LogP contribution in [0.2, 0.25) is 0 Å². The second-order valence-corrected chi connectivity index (χ2v) is 9.02. The van der Waals surface area contributed by atoms with Crippen LogP contribution in [0.15, 0.2) is 77.6 Å². The molecule has 1 fully saturated rings. The Balaban J connectivity index is 1.72. The molecule has 2 heterocycles. The number of aliphatic imine (C=N–C) groups is 1. The van der Waals surface area contributed by atoms with Crippen LogP contribution in [0.1, 0.15) is 66.7 Å². The lowest BCUT2D eigenvalue weighted by Crippen LogP contribution is -2.43. The highest BCUT2D eigenvalue weighted by Crippen LogP contribution is 2.37. The number of imide groups is 1. The fourth-order valence-corrected chi connectivity index (χ4v) is 4.89. The number of allylic oxidation sites excluding steroid dienone is 2. The summed E-state index contributed by atoms with van der Waals surface area (Å²) in [6.45, 7) is 9.09. The maximum Gasteiger partial charge on any atom is 0.260 e. The lowest BCUT2D eigenvalue weighted by atomic mass is 9.88. The monoisotopic (exact) mass is 472 g/mol. The summed E-state index contributed by atoms with van der Waals surface area (Å²) in [7, 11) is 0. The van der Waals surface area contributed by atoms with Crippen LogP contribution >= 0.6 is 0 Å². The van der Waals surface area contributed by atoms with Crippen molar-refractivity contribution in [3.63, 3.8) is 0 Å². The third-order valence-electron chi connectivity index (χ3n) is 6.67. The molecule has 0 bridgehead atoms. The van der Waals surface area contributed by atoms with Crippen LogP contribution < -0.4 is 0 Å². The van der Waals surface area contributed by atoms with Crippen molar-refractivity contribution in [1.29, 1.82) is 0 Å². The first-order valence-electron chi connectivity index (χ1n) is 12.3. The number of pyridine rings is 1. The largest absolute Gasteiger partial charge is 0.288 e. The van der Waals surface area contributed by atoms with Crippen LogP contribution in [0, 0.1) is 6.92 Å². The highest BCUT2D eigenvalue weighted by atomic mass is 16.2. The van der Waals surface area contributed by atoms with Crippen molar-refractivity contribution in [1.82, 2.24) is 14.8 Å². The van der Waals surface area contributed by atoms with Crippen molar-refractivity contribution in [2.45, 2.75) is 58.0 Å². The van der Waals surface area contributed by atoms with Crippen molar-refractivity contribution in [3.05, 3.63) is 89.4 Å². The summed E-state index contributed by atoms with van der Waals surface area (Å²) < 4.78 is 0. The number of nitrogens with zero attached hydrogens (tertiary/aromatic N) is 4. The van der Waals surface area contributed by atoms with E-state index in [4.69, 9.17) is 4.98 Å². The van der Waals surface area contributed by atoms with Gasteiger partial charge in [0.2, 0.25) is 6.41 Å². The van der Waals surface area contributed by atoms with Gasteiger partial charge in [0.1, 0.15) is 0 Å². The van der Waals surface area contributed by atoms with Gasteiger partial charge in [0.25, 0.3) is 5.91 Å². The number of amides is 2. The van der Waals surface area contributed by atoms with Gasteiger partial charge in [0.15, 0.2) is 0 Å². The number of unbranched alkanes of at least 4 members (excludes halogenated alkanes) is 1. The number of piperidine rings is 1. The molecule has 0 spiro atoms. The highest BCUT2D eigenvalue weighted by Gasteiger charge is 2.33. The van der Waals surface area contributed by atoms with E-state index < -0.39 is 0 Å². The van der Waals surface area contributed by atoms with E-state index in [-0.39, 0.29) is 11.9 Å². The Morgan fingerprint density at radius 2 is 2.00 bits per heavy atom. The zero-order valence-electron chi connectivity index (χ0n) is 20.8. The summed E-state index contributed by atoms with van der Waals surface area (Å²) in [4.78, 5) is 36.7. The zero-order valence-corrected chi connectivity index (χ0v) is 20.8. The Morgan fingerprint density at radius 1 is 1.20 bits per heavy atom. The number of hydrogen-bond acceptors (Lipinski definition) is 5. The molecule has 1 unspecified atom stereocenters. The molecule has 0 radical (unpaired) electrons. The number of aromatic nitrogens is 1. The van der Waals surface area contributed by atoms with Crippen molar-refractivity contribution >= 4 is 19.0 Å². The fraction of sp³-hybridized carbons (Fsp3) is 0.379. The number of benzene rings is 1. The average Bonchev–Trinajstić information content (AvgIpc) is 2.89. The summed E-state index contributed by atoms with van der Waals surface area (Å²) in [5, 5.41) is 0. The van der Waals surface area contributed by atoms with Gasteiger partial charge in [-0.3, -0.25) is 29.4 Å². The number of rotatable bonds is 11. The molecular formula is C29H36N4O2. The van der Waals surface area contributed by atoms with Gasteiger partial charge in [-0.2, -0.15) is 0 Å². The molecule has 6 heteroatoms. The normalized spacial score (nSPS) is 19.0. The fourth-order valence-electron chi connectivity index (χ4n) is 4.89. The molecule has 2 atom stereocenters. The van der Waals surface area contributed by atoms with Gasteiger partial charge in [-0.15, -0.1) is 0 Å². The van der Waals surface area contributed by atoms with Gasteiger partial charge in [-0.05, 0) is 89.1 Å². The molecule has 1 aliphatic heterocycles. The quantitative estimate of drug-likeness (QED) is 0.187. The van der Waals surface area contributed by atoms with Crippen LogP contribution in [0.3, 0.4) is 0 Å². The van der Waals surface area contributed by atoms with Crippen molar-refractivity contribution in [3.8, 4) is 0 Å². The van der Waals surface area contributed by atoms with Crippen LogP contribution in [0.4, 0.5) is 0 Å². The van der Waals surface area contributed by atoms with E-state index in [1.54, 1.807) is 18.3 Å². The Labute approximate surface area is 209 Å². The number of hydrogen-bond donors (Lipinski definition) is 0. The van der Waals surface area contributed by atoms with E-state index in [1.807, 2.05) is 36.5 Å². The van der Waals surface area contributed by atoms with Crippen LogP contribution in [0.5, 0.6) is 0 Å². The molecule has 184 valence electrons. The van der Waals surface area contributed by atoms with Crippen molar-refractivity contribution in [2.24, 2.45) is 4.99 Å². The number of carbonyl (C=O) groups is 2. The van der Waals surface area contributed by atoms with E-state index in [2.05, 4.69) is 42.6 Å². The SMILES string of the molecule is C=N/C=C\C=C(\C)C1CCC[C@H](c2ncccc2C)N1CCCCN(C=O)C(=O)c1ccccc1. The minimum absolute atomic E-state index is 0.243. The molecule has 1 aromatic carbocycles. The molecule has 6 nitrogen and oxygen atoms in total. The topological polar surface area (TPSA) is 65.9 Å². The molecule has 3 rings (SSSR count). The van der Waals surface area contributed by atoms with Gasteiger partial charge >= 0.3 is 0 Å². The number of likely N-dealkylation sites (tertiary alicyclic amines) is 1. The average molecular weight is 473 g/mol. The first-order chi connectivity index (χ1) is 17.1.